The van der Waals surface area contributed by atoms with E-state index in [-0.39, 0.29) is 11.8 Å². The number of carbonyl (C=O) groups is 1. The molecule has 1 aromatic carbocycles. The van der Waals surface area contributed by atoms with Crippen LogP contribution in [0.5, 0.6) is 0 Å². The number of hydrogen-bond acceptors (Lipinski definition) is 1. The molecule has 1 aliphatic rings. The molecule has 0 spiro atoms. The van der Waals surface area contributed by atoms with Crippen molar-refractivity contribution in [2.45, 2.75) is 25.2 Å². The molecule has 1 heteroatoms. The lowest BCUT2D eigenvalue weighted by molar-refractivity contribution is -0.120. The molecular weight excluding hydrogens is 184 g/mol. The first kappa shape index (κ1) is 10.2. The van der Waals surface area contributed by atoms with Crippen LogP contribution < -0.4 is 0 Å². The molecule has 0 aromatic heterocycles. The van der Waals surface area contributed by atoms with Gasteiger partial charge in [-0.15, -0.1) is 6.58 Å². The van der Waals surface area contributed by atoms with Crippen LogP contribution >= 0.6 is 0 Å². The zero-order chi connectivity index (χ0) is 10.7. The maximum Gasteiger partial charge on any atom is 0.136 e. The third-order valence-electron chi connectivity index (χ3n) is 3.22. The summed E-state index contributed by atoms with van der Waals surface area (Å²) in [6.45, 7) is 3.86. The molecule has 1 fully saturated rings. The van der Waals surface area contributed by atoms with Crippen LogP contribution in [0, 0.1) is 5.92 Å². The fourth-order valence-electron chi connectivity index (χ4n) is 2.43. The van der Waals surface area contributed by atoms with E-state index in [1.807, 2.05) is 24.3 Å². The molecular formula is C14H16O. The summed E-state index contributed by atoms with van der Waals surface area (Å²) in [5.74, 6) is 0.787. The van der Waals surface area contributed by atoms with Crippen LogP contribution in [0.25, 0.3) is 0 Å². The molecule has 0 N–H and O–H groups in total. The van der Waals surface area contributed by atoms with E-state index < -0.39 is 0 Å². The summed E-state index contributed by atoms with van der Waals surface area (Å²) in [4.78, 5) is 11.7. The van der Waals surface area contributed by atoms with Crippen LogP contribution in [0.15, 0.2) is 43.0 Å². The number of Topliss-reactive ketones (excluding diaryl/α,β-unsaturated/α-hetero) is 1. The smallest absolute Gasteiger partial charge is 0.136 e. The number of carbonyl (C=O) groups excluding carboxylic acids is 1. The van der Waals surface area contributed by atoms with Gasteiger partial charge in [-0.3, -0.25) is 4.79 Å². The Morgan fingerprint density at radius 3 is 2.60 bits per heavy atom. The van der Waals surface area contributed by atoms with Gasteiger partial charge in [0.15, 0.2) is 0 Å². The normalized spacial score (nSPS) is 22.7. The number of ketones is 1. The van der Waals surface area contributed by atoms with Crippen molar-refractivity contribution < 1.29 is 4.79 Å². The van der Waals surface area contributed by atoms with Crippen LogP contribution in [0.3, 0.4) is 0 Å². The van der Waals surface area contributed by atoms with Crippen molar-refractivity contribution in [3.8, 4) is 0 Å². The first-order chi connectivity index (χ1) is 7.33. The standard InChI is InChI=1S/C14H16O/c1-2-12(11-7-4-3-5-8-11)13-9-6-10-14(13)15/h2-5,7-8,12-13H,1,6,9-10H2. The van der Waals surface area contributed by atoms with Crippen molar-refractivity contribution in [3.05, 3.63) is 48.6 Å². The fraction of sp³-hybridized carbons (Fsp3) is 0.357. The highest BCUT2D eigenvalue weighted by Crippen LogP contribution is 2.35. The zero-order valence-electron chi connectivity index (χ0n) is 8.86. The van der Waals surface area contributed by atoms with Crippen LogP contribution in [-0.4, -0.2) is 5.78 Å². The molecule has 0 saturated heterocycles. The van der Waals surface area contributed by atoms with Crippen molar-refractivity contribution in [2.24, 2.45) is 5.92 Å². The molecule has 1 nitrogen and oxygen atoms in total. The van der Waals surface area contributed by atoms with Crippen molar-refractivity contribution in [1.82, 2.24) is 0 Å². The number of hydrogen-bond donors (Lipinski definition) is 0. The van der Waals surface area contributed by atoms with Gasteiger partial charge in [-0.05, 0) is 18.4 Å². The summed E-state index contributed by atoms with van der Waals surface area (Å²) >= 11 is 0. The second-order valence-corrected chi connectivity index (χ2v) is 4.14. The minimum absolute atomic E-state index is 0.171. The predicted octanol–water partition coefficient (Wildman–Crippen LogP) is 3.33. The van der Waals surface area contributed by atoms with Crippen LogP contribution in [0.1, 0.15) is 30.7 Å². The second-order valence-electron chi connectivity index (χ2n) is 4.14. The number of allylic oxidation sites excluding steroid dienone is 1. The molecule has 1 aliphatic carbocycles. The lowest BCUT2D eigenvalue weighted by Crippen LogP contribution is -2.15. The van der Waals surface area contributed by atoms with Gasteiger partial charge in [0.1, 0.15) is 5.78 Å². The molecule has 2 rings (SSSR count). The number of rotatable bonds is 3. The molecule has 0 heterocycles. The zero-order valence-corrected chi connectivity index (χ0v) is 8.86. The van der Waals surface area contributed by atoms with Gasteiger partial charge in [-0.2, -0.15) is 0 Å². The second kappa shape index (κ2) is 4.43. The van der Waals surface area contributed by atoms with Gasteiger partial charge in [0.25, 0.3) is 0 Å². The SMILES string of the molecule is C=CC(c1ccccc1)C1CCCC1=O. The highest BCUT2D eigenvalue weighted by molar-refractivity contribution is 5.84. The Bertz CT molecular complexity index is 353. The molecule has 15 heavy (non-hydrogen) atoms. The fourth-order valence-corrected chi connectivity index (χ4v) is 2.43. The van der Waals surface area contributed by atoms with Crippen LogP contribution in [0.4, 0.5) is 0 Å². The Balaban J connectivity index is 2.24. The van der Waals surface area contributed by atoms with E-state index in [4.69, 9.17) is 0 Å². The number of benzene rings is 1. The summed E-state index contributed by atoms with van der Waals surface area (Å²) in [5.41, 5.74) is 1.22. The van der Waals surface area contributed by atoms with E-state index in [1.165, 1.54) is 5.56 Å². The van der Waals surface area contributed by atoms with E-state index in [0.29, 0.717) is 5.78 Å². The van der Waals surface area contributed by atoms with E-state index in [9.17, 15) is 4.79 Å². The van der Waals surface area contributed by atoms with E-state index in [0.717, 1.165) is 19.3 Å². The maximum atomic E-state index is 11.7. The van der Waals surface area contributed by atoms with Gasteiger partial charge >= 0.3 is 0 Å². The van der Waals surface area contributed by atoms with Gasteiger partial charge in [0.05, 0.1) is 0 Å². The van der Waals surface area contributed by atoms with Crippen molar-refractivity contribution in [2.75, 3.05) is 0 Å². The van der Waals surface area contributed by atoms with Crippen LogP contribution in [0.2, 0.25) is 0 Å². The molecule has 0 amide bonds. The van der Waals surface area contributed by atoms with Crippen molar-refractivity contribution in [1.29, 1.82) is 0 Å². The van der Waals surface area contributed by atoms with Gasteiger partial charge in [-0.25, -0.2) is 0 Å². The predicted molar refractivity (Wildman–Crippen MR) is 61.7 cm³/mol. The lowest BCUT2D eigenvalue weighted by Gasteiger charge is -2.18. The Morgan fingerprint density at radius 1 is 1.33 bits per heavy atom. The first-order valence-electron chi connectivity index (χ1n) is 5.53. The average Bonchev–Trinajstić information content (AvgIpc) is 2.68. The molecule has 78 valence electrons. The van der Waals surface area contributed by atoms with Crippen LogP contribution in [-0.2, 0) is 4.79 Å². The third kappa shape index (κ3) is 2.01. The molecule has 0 radical (unpaired) electrons. The lowest BCUT2D eigenvalue weighted by atomic mass is 9.84. The Labute approximate surface area is 90.8 Å². The van der Waals surface area contributed by atoms with E-state index >= 15 is 0 Å². The van der Waals surface area contributed by atoms with Gasteiger partial charge < -0.3 is 0 Å². The van der Waals surface area contributed by atoms with Crippen molar-refractivity contribution in [3.63, 3.8) is 0 Å². The summed E-state index contributed by atoms with van der Waals surface area (Å²) in [5, 5.41) is 0. The summed E-state index contributed by atoms with van der Waals surface area (Å²) in [6.07, 6.45) is 4.73. The Hall–Kier alpha value is -1.37. The van der Waals surface area contributed by atoms with E-state index in [2.05, 4.69) is 18.7 Å². The summed E-state index contributed by atoms with van der Waals surface area (Å²) < 4.78 is 0. The topological polar surface area (TPSA) is 17.1 Å². The highest BCUT2D eigenvalue weighted by Gasteiger charge is 2.30. The molecule has 0 aliphatic heterocycles. The minimum atomic E-state index is 0.171. The Kier molecular flexibility index (Phi) is 3.00. The van der Waals surface area contributed by atoms with Gasteiger partial charge in [0.2, 0.25) is 0 Å². The maximum absolute atomic E-state index is 11.7. The molecule has 2 unspecified atom stereocenters. The highest BCUT2D eigenvalue weighted by atomic mass is 16.1. The molecule has 2 atom stereocenters. The quantitative estimate of drug-likeness (QED) is 0.684. The van der Waals surface area contributed by atoms with Gasteiger partial charge in [-0.1, -0.05) is 36.4 Å². The molecule has 1 saturated carbocycles. The largest absolute Gasteiger partial charge is 0.299 e. The third-order valence-corrected chi connectivity index (χ3v) is 3.22. The van der Waals surface area contributed by atoms with Gasteiger partial charge in [0, 0.05) is 18.3 Å². The first-order valence-corrected chi connectivity index (χ1v) is 5.53. The summed E-state index contributed by atoms with van der Waals surface area (Å²) in [6, 6.07) is 10.2. The monoisotopic (exact) mass is 200 g/mol. The van der Waals surface area contributed by atoms with E-state index in [1.54, 1.807) is 0 Å². The summed E-state index contributed by atoms with van der Waals surface area (Å²) in [7, 11) is 0. The molecule has 0 bridgehead atoms. The van der Waals surface area contributed by atoms with Crippen molar-refractivity contribution >= 4 is 5.78 Å². The molecule has 1 aromatic rings. The Morgan fingerprint density at radius 2 is 2.07 bits per heavy atom. The minimum Gasteiger partial charge on any atom is -0.299 e. The average molecular weight is 200 g/mol.